The van der Waals surface area contributed by atoms with Gasteiger partial charge in [-0.1, -0.05) is 6.58 Å². The van der Waals surface area contributed by atoms with Crippen LogP contribution in [0.25, 0.3) is 0 Å². The molecule has 0 rings (SSSR count). The molecule has 0 heterocycles. The maximum atomic E-state index is 9.88. The van der Waals surface area contributed by atoms with Crippen LogP contribution >= 0.6 is 22.6 Å². The standard InChI is InChI=1S/C3H3I.3FH.Zn/c1-2-3-4;;;;/h3H,1H2;3*1H;/q;;;;+3/p-3. The van der Waals surface area contributed by atoms with Gasteiger partial charge in [-0.15, -0.1) is 5.73 Å². The van der Waals surface area contributed by atoms with Crippen molar-refractivity contribution in [2.24, 2.45) is 0 Å². The van der Waals surface area contributed by atoms with E-state index in [0.717, 1.165) is 0 Å². The molecule has 0 unspecified atom stereocenters. The van der Waals surface area contributed by atoms with Crippen LogP contribution in [0, 0.1) is 0 Å². The van der Waals surface area contributed by atoms with Gasteiger partial charge in [0.1, 0.15) is 0 Å². The summed E-state index contributed by atoms with van der Waals surface area (Å²) < 4.78 is 31.4. The molecule has 0 radical (unpaired) electrons. The summed E-state index contributed by atoms with van der Waals surface area (Å²) in [5, 5.41) is 0. The van der Waals surface area contributed by atoms with Gasteiger partial charge in [0.2, 0.25) is 0 Å². The molecule has 8 heavy (non-hydrogen) atoms. The van der Waals surface area contributed by atoms with Crippen LogP contribution in [-0.4, -0.2) is 0 Å². The minimum absolute atomic E-state index is 1.73. The van der Waals surface area contributed by atoms with Crippen LogP contribution < -0.4 is 0 Å². The fourth-order valence-corrected chi connectivity index (χ4v) is 0. The van der Waals surface area contributed by atoms with E-state index < -0.39 is 17.4 Å². The van der Waals surface area contributed by atoms with Crippen LogP contribution in [0.1, 0.15) is 0 Å². The molecule has 0 bridgehead atoms. The number of hydrogen-bond acceptors (Lipinski definition) is 0. The van der Waals surface area contributed by atoms with E-state index in [0.29, 0.717) is 0 Å². The fraction of sp³-hybridized carbons (Fsp3) is 0. The van der Waals surface area contributed by atoms with E-state index in [-0.39, 0.29) is 0 Å². The minimum atomic E-state index is -5.12. The third-order valence-electron chi connectivity index (χ3n) is 0.0772. The number of halogens is 4. The van der Waals surface area contributed by atoms with Gasteiger partial charge < -0.3 is 0 Å². The van der Waals surface area contributed by atoms with Crippen LogP contribution in [0.15, 0.2) is 16.4 Å². The molecule has 5 heteroatoms. The van der Waals surface area contributed by atoms with Crippen LogP contribution in [0.3, 0.4) is 0 Å². The molecule has 0 saturated carbocycles. The van der Waals surface area contributed by atoms with Crippen molar-refractivity contribution in [3.05, 3.63) is 16.4 Å². The second kappa shape index (κ2) is 10.6. The summed E-state index contributed by atoms with van der Waals surface area (Å²) >= 11 is -3.07. The molecule has 0 N–H and O–H groups in total. The van der Waals surface area contributed by atoms with Crippen molar-refractivity contribution >= 4 is 22.6 Å². The molecule has 0 atom stereocenters. The Morgan fingerprint density at radius 3 is 1.62 bits per heavy atom. The second-order valence-electron chi connectivity index (χ2n) is 0.616. The molecule has 0 aliphatic carbocycles. The Kier molecular flexibility index (Phi) is 15.2. The van der Waals surface area contributed by atoms with Gasteiger partial charge in [-0.25, -0.2) is 0 Å². The summed E-state index contributed by atoms with van der Waals surface area (Å²) in [5.41, 5.74) is 2.54. The van der Waals surface area contributed by atoms with Gasteiger partial charge in [-0.3, -0.25) is 0 Å². The average molecular weight is 288 g/mol. The Bertz CT molecular complexity index is 75.8. The van der Waals surface area contributed by atoms with Crippen LogP contribution in [0.4, 0.5) is 9.95 Å². The number of rotatable bonds is 0. The molecule has 0 aromatic rings. The van der Waals surface area contributed by atoms with E-state index in [1.807, 2.05) is 0 Å². The summed E-state index contributed by atoms with van der Waals surface area (Å²) in [6, 6.07) is 0. The normalized spacial score (nSPS) is 5.50. The maximum absolute atomic E-state index is 9.88. The molecule has 0 fully saturated rings. The van der Waals surface area contributed by atoms with Crippen molar-refractivity contribution in [1.82, 2.24) is 0 Å². The van der Waals surface area contributed by atoms with Gasteiger partial charge in [0.05, 0.1) is 0 Å². The van der Waals surface area contributed by atoms with Crippen LogP contribution in [0.2, 0.25) is 0 Å². The molecule has 0 aromatic carbocycles. The second-order valence-corrected chi connectivity index (χ2v) is 2.51. The van der Waals surface area contributed by atoms with Crippen molar-refractivity contribution in [3.63, 3.8) is 0 Å². The summed E-state index contributed by atoms with van der Waals surface area (Å²) in [6.45, 7) is 3.29. The Morgan fingerprint density at radius 2 is 1.62 bits per heavy atom. The first-order chi connectivity index (χ1) is 3.65. The molecule has 0 aliphatic rings. The van der Waals surface area contributed by atoms with E-state index in [1.165, 1.54) is 0 Å². The van der Waals surface area contributed by atoms with Gasteiger partial charge in [-0.05, 0) is 22.6 Å². The summed E-state index contributed by atoms with van der Waals surface area (Å²) in [7, 11) is 0. The van der Waals surface area contributed by atoms with E-state index in [4.69, 9.17) is 0 Å². The first kappa shape index (κ1) is 11.5. The molecule has 0 amide bonds. The van der Waals surface area contributed by atoms with Crippen molar-refractivity contribution in [2.45, 2.75) is 0 Å². The Morgan fingerprint density at radius 1 is 1.50 bits per heavy atom. The quantitative estimate of drug-likeness (QED) is 0.365. The van der Waals surface area contributed by atoms with E-state index in [9.17, 15) is 9.95 Å². The SMILES string of the molecule is C=C=CI.[F][Zn]([F])[F]. The van der Waals surface area contributed by atoms with Gasteiger partial charge in [0, 0.05) is 4.08 Å². The van der Waals surface area contributed by atoms with Gasteiger partial charge in [0.15, 0.2) is 0 Å². The average Bonchev–Trinajstić information content (AvgIpc) is 1.65. The Balaban J connectivity index is 0. The van der Waals surface area contributed by atoms with Gasteiger partial charge in [0.25, 0.3) is 0 Å². The van der Waals surface area contributed by atoms with Gasteiger partial charge in [-0.2, -0.15) is 0 Å². The molecule has 0 spiro atoms. The Labute approximate surface area is 66.2 Å². The van der Waals surface area contributed by atoms with E-state index in [1.54, 1.807) is 4.08 Å². The van der Waals surface area contributed by atoms with Crippen LogP contribution in [-0.2, 0) is 17.4 Å². The molecular formula is C3H3F3IZn. The molecule has 0 aromatic heterocycles. The van der Waals surface area contributed by atoms with Crippen molar-refractivity contribution in [1.29, 1.82) is 0 Å². The fourth-order valence-electron chi connectivity index (χ4n) is 0. The third-order valence-corrected chi connectivity index (χ3v) is 0.518. The van der Waals surface area contributed by atoms with Crippen molar-refractivity contribution in [2.75, 3.05) is 0 Å². The monoisotopic (exact) mass is 287 g/mol. The zero-order valence-corrected chi connectivity index (χ0v) is 9.13. The predicted molar refractivity (Wildman–Crippen MR) is 31.1 cm³/mol. The zero-order chi connectivity index (χ0) is 6.99. The predicted octanol–water partition coefficient (Wildman–Crippen LogP) is 2.98. The summed E-state index contributed by atoms with van der Waals surface area (Å²) in [4.78, 5) is 0. The molecule has 0 saturated heterocycles. The number of hydrogen-bond donors (Lipinski definition) is 0. The summed E-state index contributed by atoms with van der Waals surface area (Å²) in [6.07, 6.45) is 0. The first-order valence-corrected chi connectivity index (χ1v) is 6.27. The molecule has 45 valence electrons. The van der Waals surface area contributed by atoms with Crippen LogP contribution in [0.5, 0.6) is 0 Å². The van der Waals surface area contributed by atoms with E-state index >= 15 is 0 Å². The third kappa shape index (κ3) is 77.2. The molecule has 0 aliphatic heterocycles. The van der Waals surface area contributed by atoms with Crippen molar-refractivity contribution < 1.29 is 27.4 Å². The van der Waals surface area contributed by atoms with Gasteiger partial charge >= 0.3 is 27.4 Å². The first-order valence-electron chi connectivity index (χ1n) is 1.66. The molecular weight excluding hydrogens is 285 g/mol. The molecule has 0 nitrogen and oxygen atoms in total. The zero-order valence-electron chi connectivity index (χ0n) is 4.00. The Hall–Kier alpha value is 0.663. The van der Waals surface area contributed by atoms with Crippen molar-refractivity contribution in [3.8, 4) is 0 Å². The summed E-state index contributed by atoms with van der Waals surface area (Å²) in [5.74, 6) is 0. The topological polar surface area (TPSA) is 0 Å². The van der Waals surface area contributed by atoms with E-state index in [2.05, 4.69) is 34.9 Å².